The number of hydrogen-bond acceptors (Lipinski definition) is 2. The molecule has 0 aromatic rings. The van der Waals surface area contributed by atoms with E-state index in [1.54, 1.807) is 6.08 Å². The lowest BCUT2D eigenvalue weighted by molar-refractivity contribution is 0.277. The second-order valence-corrected chi connectivity index (χ2v) is 3.29. The fraction of sp³-hybridized carbons (Fsp3) is 0.636. The smallest absolute Gasteiger partial charge is 0.108 e. The van der Waals surface area contributed by atoms with Crippen molar-refractivity contribution in [3.05, 3.63) is 24.4 Å². The molecule has 3 heteroatoms. The molecule has 2 N–H and O–H groups in total. The third kappa shape index (κ3) is 4.42. The van der Waals surface area contributed by atoms with Crippen molar-refractivity contribution in [2.75, 3.05) is 19.8 Å². The zero-order valence-corrected chi connectivity index (χ0v) is 9.17. The highest BCUT2D eigenvalue weighted by Crippen LogP contribution is 2.11. The number of allylic oxidation sites excluding steroid dienone is 2. The first-order valence-electron chi connectivity index (χ1n) is 5.05. The Morgan fingerprint density at radius 1 is 1.64 bits per heavy atom. The van der Waals surface area contributed by atoms with Crippen molar-refractivity contribution in [2.45, 2.75) is 26.3 Å². The lowest BCUT2D eigenvalue weighted by Crippen LogP contribution is -2.35. The van der Waals surface area contributed by atoms with Crippen LogP contribution in [0.5, 0.6) is 0 Å². The molecule has 0 aliphatic carbocycles. The Bertz CT molecular complexity index is 190. The highest BCUT2D eigenvalue weighted by atomic mass is 19.1. The van der Waals surface area contributed by atoms with E-state index in [0.717, 1.165) is 18.7 Å². The highest BCUT2D eigenvalue weighted by Gasteiger charge is 2.10. The van der Waals surface area contributed by atoms with Crippen LogP contribution in [-0.2, 0) is 0 Å². The van der Waals surface area contributed by atoms with Crippen LogP contribution in [0.3, 0.4) is 0 Å². The van der Waals surface area contributed by atoms with E-state index in [9.17, 15) is 4.39 Å². The van der Waals surface area contributed by atoms with Gasteiger partial charge in [0.1, 0.15) is 6.67 Å². The van der Waals surface area contributed by atoms with Gasteiger partial charge in [0.25, 0.3) is 0 Å². The number of hydrogen-bond donors (Lipinski definition) is 1. The average Bonchev–Trinajstić information content (AvgIpc) is 2.21. The summed E-state index contributed by atoms with van der Waals surface area (Å²) in [6.45, 7) is 9.03. The maximum Gasteiger partial charge on any atom is 0.108 e. The largest absolute Gasteiger partial charge is 0.368 e. The molecule has 0 aromatic carbocycles. The topological polar surface area (TPSA) is 29.3 Å². The zero-order valence-electron chi connectivity index (χ0n) is 9.17. The molecule has 0 aromatic heterocycles. The second-order valence-electron chi connectivity index (χ2n) is 3.29. The quantitative estimate of drug-likeness (QED) is 0.638. The first-order chi connectivity index (χ1) is 6.67. The number of alkyl halides is 1. The Hall–Kier alpha value is -0.830. The Labute approximate surface area is 86.3 Å². The van der Waals surface area contributed by atoms with Crippen LogP contribution >= 0.6 is 0 Å². The molecular weight excluding hydrogens is 179 g/mol. The van der Waals surface area contributed by atoms with Crippen LogP contribution in [0.15, 0.2) is 24.4 Å². The molecule has 0 aliphatic heterocycles. The molecule has 0 bridgehead atoms. The summed E-state index contributed by atoms with van der Waals surface area (Å²) in [6.07, 6.45) is 4.21. The van der Waals surface area contributed by atoms with E-state index in [0.29, 0.717) is 12.6 Å². The standard InChI is InChI=1S/C11H21FN2/c1-4-10(2)14(9-8-13)11(3)6-5-7-12/h5-6,10H,3-4,7-9,13H2,1-2H3/b6-5-. The van der Waals surface area contributed by atoms with Gasteiger partial charge in [0, 0.05) is 24.8 Å². The zero-order chi connectivity index (χ0) is 11.0. The van der Waals surface area contributed by atoms with Crippen LogP contribution in [0, 0.1) is 0 Å². The molecule has 0 aliphatic rings. The third-order valence-corrected chi connectivity index (χ3v) is 2.26. The van der Waals surface area contributed by atoms with Gasteiger partial charge in [0.15, 0.2) is 0 Å². The molecule has 1 unspecified atom stereocenters. The van der Waals surface area contributed by atoms with Gasteiger partial charge in [-0.2, -0.15) is 0 Å². The van der Waals surface area contributed by atoms with Gasteiger partial charge in [0.2, 0.25) is 0 Å². The van der Waals surface area contributed by atoms with Gasteiger partial charge in [-0.1, -0.05) is 19.6 Å². The summed E-state index contributed by atoms with van der Waals surface area (Å²) >= 11 is 0. The molecule has 82 valence electrons. The van der Waals surface area contributed by atoms with Crippen molar-refractivity contribution in [3.63, 3.8) is 0 Å². The lowest BCUT2D eigenvalue weighted by atomic mass is 10.2. The Kier molecular flexibility index (Phi) is 7.11. The van der Waals surface area contributed by atoms with Gasteiger partial charge in [-0.05, 0) is 19.4 Å². The molecule has 0 saturated carbocycles. The number of halogens is 1. The van der Waals surface area contributed by atoms with Gasteiger partial charge in [-0.3, -0.25) is 0 Å². The minimum absolute atomic E-state index is 0.398. The molecular formula is C11H21FN2. The van der Waals surface area contributed by atoms with Crippen molar-refractivity contribution in [3.8, 4) is 0 Å². The van der Waals surface area contributed by atoms with Gasteiger partial charge >= 0.3 is 0 Å². The van der Waals surface area contributed by atoms with Crippen LogP contribution in [0.1, 0.15) is 20.3 Å². The summed E-state index contributed by atoms with van der Waals surface area (Å²) in [7, 11) is 0. The van der Waals surface area contributed by atoms with Gasteiger partial charge in [-0.25, -0.2) is 4.39 Å². The van der Waals surface area contributed by atoms with Crippen molar-refractivity contribution in [1.82, 2.24) is 4.90 Å². The number of nitrogens with zero attached hydrogens (tertiary/aromatic N) is 1. The molecule has 14 heavy (non-hydrogen) atoms. The summed E-state index contributed by atoms with van der Waals surface area (Å²) in [5.41, 5.74) is 6.34. The third-order valence-electron chi connectivity index (χ3n) is 2.26. The maximum atomic E-state index is 11.9. The minimum Gasteiger partial charge on any atom is -0.368 e. The van der Waals surface area contributed by atoms with Crippen LogP contribution in [0.4, 0.5) is 4.39 Å². The molecule has 1 atom stereocenters. The predicted octanol–water partition coefficient (Wildman–Crippen LogP) is 2.08. The van der Waals surface area contributed by atoms with E-state index in [-0.39, 0.29) is 0 Å². The van der Waals surface area contributed by atoms with Gasteiger partial charge in [0.05, 0.1) is 0 Å². The second kappa shape index (κ2) is 7.56. The Balaban J connectivity index is 4.32. The van der Waals surface area contributed by atoms with E-state index < -0.39 is 6.67 Å². The SMILES string of the molecule is C=C(/C=C\CF)N(CCN)C(C)CC. The average molecular weight is 200 g/mol. The molecule has 0 heterocycles. The first kappa shape index (κ1) is 13.2. The Morgan fingerprint density at radius 3 is 2.71 bits per heavy atom. The molecule has 0 fully saturated rings. The van der Waals surface area contributed by atoms with Crippen molar-refractivity contribution < 1.29 is 4.39 Å². The van der Waals surface area contributed by atoms with Crippen molar-refractivity contribution in [1.29, 1.82) is 0 Å². The summed E-state index contributed by atoms with van der Waals surface area (Å²) in [5.74, 6) is 0. The molecule has 0 spiro atoms. The minimum atomic E-state index is -0.448. The van der Waals surface area contributed by atoms with Crippen LogP contribution in [0.25, 0.3) is 0 Å². The monoisotopic (exact) mass is 200 g/mol. The predicted molar refractivity (Wildman–Crippen MR) is 59.8 cm³/mol. The van der Waals surface area contributed by atoms with Gasteiger partial charge in [-0.15, -0.1) is 0 Å². The van der Waals surface area contributed by atoms with E-state index in [1.165, 1.54) is 6.08 Å². The van der Waals surface area contributed by atoms with E-state index in [2.05, 4.69) is 25.3 Å². The first-order valence-corrected chi connectivity index (χ1v) is 5.05. The molecule has 0 saturated heterocycles. The van der Waals surface area contributed by atoms with Crippen LogP contribution in [0.2, 0.25) is 0 Å². The summed E-state index contributed by atoms with van der Waals surface area (Å²) in [6, 6.07) is 0.398. The van der Waals surface area contributed by atoms with E-state index in [1.807, 2.05) is 0 Å². The number of rotatable bonds is 7. The molecule has 0 rings (SSSR count). The van der Waals surface area contributed by atoms with Crippen molar-refractivity contribution in [2.24, 2.45) is 5.73 Å². The normalized spacial score (nSPS) is 13.1. The summed E-state index contributed by atoms with van der Waals surface area (Å²) in [5, 5.41) is 0. The van der Waals surface area contributed by atoms with E-state index in [4.69, 9.17) is 5.73 Å². The van der Waals surface area contributed by atoms with E-state index >= 15 is 0 Å². The molecule has 0 radical (unpaired) electrons. The van der Waals surface area contributed by atoms with Crippen LogP contribution < -0.4 is 5.73 Å². The fourth-order valence-corrected chi connectivity index (χ4v) is 1.28. The fourth-order valence-electron chi connectivity index (χ4n) is 1.28. The Morgan fingerprint density at radius 2 is 2.29 bits per heavy atom. The van der Waals surface area contributed by atoms with Crippen molar-refractivity contribution >= 4 is 0 Å². The highest BCUT2D eigenvalue weighted by molar-refractivity contribution is 5.14. The summed E-state index contributed by atoms with van der Waals surface area (Å²) in [4.78, 5) is 2.10. The van der Waals surface area contributed by atoms with Gasteiger partial charge < -0.3 is 10.6 Å². The maximum absolute atomic E-state index is 11.9. The summed E-state index contributed by atoms with van der Waals surface area (Å²) < 4.78 is 11.9. The van der Waals surface area contributed by atoms with Crippen LogP contribution in [-0.4, -0.2) is 30.7 Å². The number of nitrogens with two attached hydrogens (primary N) is 1. The molecule has 2 nitrogen and oxygen atoms in total. The molecule has 0 amide bonds. The lowest BCUT2D eigenvalue weighted by Gasteiger charge is -2.30.